The molecule has 0 atom stereocenters. The van der Waals surface area contributed by atoms with Gasteiger partial charge in [0.25, 0.3) is 0 Å². The number of nitrogens with one attached hydrogen (secondary N) is 1. The van der Waals surface area contributed by atoms with Crippen molar-refractivity contribution in [3.63, 3.8) is 0 Å². The fourth-order valence-electron chi connectivity index (χ4n) is 2.23. The highest BCUT2D eigenvalue weighted by atomic mass is 32.2. The van der Waals surface area contributed by atoms with Crippen molar-refractivity contribution in [2.45, 2.75) is 29.9 Å². The van der Waals surface area contributed by atoms with Gasteiger partial charge in [-0.05, 0) is 42.5 Å². The molecule has 0 radical (unpaired) electrons. The lowest BCUT2D eigenvalue weighted by molar-refractivity contribution is 0.911. The summed E-state index contributed by atoms with van der Waals surface area (Å²) in [5, 5.41) is 0.777. The molecule has 0 saturated carbocycles. The van der Waals surface area contributed by atoms with Crippen LogP contribution in [0.5, 0.6) is 0 Å². The fourth-order valence-corrected chi connectivity index (χ4v) is 3.94. The molecular weight excluding hydrogens is 262 g/mol. The van der Waals surface area contributed by atoms with Crippen molar-refractivity contribution in [2.24, 2.45) is 5.84 Å². The second kappa shape index (κ2) is 5.30. The molecule has 0 spiro atoms. The third kappa shape index (κ3) is 2.53. The fraction of sp³-hybridized carbons (Fsp3) is 0.308. The Balaban J connectivity index is 1.66. The van der Waals surface area contributed by atoms with Gasteiger partial charge in [0.05, 0.1) is 0 Å². The van der Waals surface area contributed by atoms with E-state index in [2.05, 4.69) is 28.6 Å². The average molecular weight is 277 g/mol. The van der Waals surface area contributed by atoms with Gasteiger partial charge in [0, 0.05) is 21.7 Å². The second-order valence-corrected chi connectivity index (χ2v) is 6.51. The van der Waals surface area contributed by atoms with E-state index in [4.69, 9.17) is 5.84 Å². The zero-order valence-corrected chi connectivity index (χ0v) is 11.6. The molecule has 3 nitrogen and oxygen atoms in total. The van der Waals surface area contributed by atoms with Crippen LogP contribution in [0.4, 0.5) is 5.13 Å². The first kappa shape index (κ1) is 12.0. The van der Waals surface area contributed by atoms with E-state index in [0.717, 1.165) is 10.9 Å². The van der Waals surface area contributed by atoms with Crippen LogP contribution in [0, 0.1) is 0 Å². The van der Waals surface area contributed by atoms with Crippen molar-refractivity contribution >= 4 is 28.2 Å². The SMILES string of the molecule is NNc1ncc(CSc2ccc3c(c2)CCC3)s1. The predicted octanol–water partition coefficient (Wildman–Crippen LogP) is 3.21. The lowest BCUT2D eigenvalue weighted by Crippen LogP contribution is -2.05. The molecule has 3 rings (SSSR count). The van der Waals surface area contributed by atoms with Gasteiger partial charge in [-0.3, -0.25) is 5.43 Å². The van der Waals surface area contributed by atoms with Crippen LogP contribution in [0.25, 0.3) is 0 Å². The minimum Gasteiger partial charge on any atom is -0.300 e. The van der Waals surface area contributed by atoms with Gasteiger partial charge in [-0.25, -0.2) is 10.8 Å². The zero-order chi connectivity index (χ0) is 12.4. The number of hydrogen-bond donors (Lipinski definition) is 2. The van der Waals surface area contributed by atoms with E-state index in [-0.39, 0.29) is 0 Å². The minimum atomic E-state index is 0.777. The number of nitrogens with zero attached hydrogens (tertiary/aromatic N) is 1. The van der Waals surface area contributed by atoms with Crippen LogP contribution in [-0.2, 0) is 18.6 Å². The molecule has 0 aliphatic heterocycles. The Morgan fingerprint density at radius 2 is 2.22 bits per heavy atom. The number of benzene rings is 1. The standard InChI is InChI=1S/C13H15N3S2/c14-16-13-15-7-12(18-13)8-17-11-5-4-9-2-1-3-10(9)6-11/h4-7H,1-3,8,14H2,(H,15,16). The Labute approximate surface area is 115 Å². The number of aryl methyl sites for hydroxylation is 2. The van der Waals surface area contributed by atoms with Crippen LogP contribution in [0.15, 0.2) is 29.3 Å². The lowest BCUT2D eigenvalue weighted by Gasteiger charge is -2.03. The molecule has 5 heteroatoms. The molecule has 94 valence electrons. The number of rotatable bonds is 4. The molecule has 1 aromatic heterocycles. The molecule has 1 aromatic carbocycles. The number of thiazole rings is 1. The number of aromatic nitrogens is 1. The largest absolute Gasteiger partial charge is 0.300 e. The molecule has 1 heterocycles. The van der Waals surface area contributed by atoms with E-state index in [1.54, 1.807) is 11.3 Å². The highest BCUT2D eigenvalue weighted by molar-refractivity contribution is 7.98. The maximum atomic E-state index is 5.32. The normalized spacial score (nSPS) is 13.6. The summed E-state index contributed by atoms with van der Waals surface area (Å²) in [5.41, 5.74) is 5.65. The summed E-state index contributed by atoms with van der Waals surface area (Å²) in [4.78, 5) is 6.77. The first-order valence-electron chi connectivity index (χ1n) is 6.01. The quantitative estimate of drug-likeness (QED) is 0.512. The van der Waals surface area contributed by atoms with E-state index >= 15 is 0 Å². The van der Waals surface area contributed by atoms with Crippen LogP contribution >= 0.6 is 23.1 Å². The molecule has 2 aromatic rings. The summed E-state index contributed by atoms with van der Waals surface area (Å²) in [6.45, 7) is 0. The molecule has 0 amide bonds. The summed E-state index contributed by atoms with van der Waals surface area (Å²) in [7, 11) is 0. The van der Waals surface area contributed by atoms with Crippen LogP contribution in [-0.4, -0.2) is 4.98 Å². The van der Waals surface area contributed by atoms with Gasteiger partial charge in [-0.15, -0.1) is 23.1 Å². The van der Waals surface area contributed by atoms with Crippen molar-refractivity contribution < 1.29 is 0 Å². The summed E-state index contributed by atoms with van der Waals surface area (Å²) >= 11 is 3.47. The van der Waals surface area contributed by atoms with Gasteiger partial charge in [-0.2, -0.15) is 0 Å². The van der Waals surface area contributed by atoms with Gasteiger partial charge < -0.3 is 0 Å². The van der Waals surface area contributed by atoms with Gasteiger partial charge in [0.15, 0.2) is 5.13 Å². The van der Waals surface area contributed by atoms with Crippen molar-refractivity contribution in [1.29, 1.82) is 0 Å². The van der Waals surface area contributed by atoms with Gasteiger partial charge in [-0.1, -0.05) is 6.07 Å². The molecule has 18 heavy (non-hydrogen) atoms. The number of anilines is 1. The van der Waals surface area contributed by atoms with Crippen molar-refractivity contribution in [3.8, 4) is 0 Å². The minimum absolute atomic E-state index is 0.777. The first-order valence-corrected chi connectivity index (χ1v) is 7.81. The van der Waals surface area contributed by atoms with Gasteiger partial charge >= 0.3 is 0 Å². The maximum Gasteiger partial charge on any atom is 0.197 e. The zero-order valence-electron chi connectivity index (χ0n) is 9.98. The summed E-state index contributed by atoms with van der Waals surface area (Å²) in [5.74, 6) is 6.28. The van der Waals surface area contributed by atoms with Crippen molar-refractivity contribution in [2.75, 3.05) is 5.43 Å². The van der Waals surface area contributed by atoms with E-state index in [1.807, 2.05) is 18.0 Å². The Morgan fingerprint density at radius 3 is 3.06 bits per heavy atom. The van der Waals surface area contributed by atoms with Gasteiger partial charge in [0.1, 0.15) is 0 Å². The Hall–Kier alpha value is -1.04. The highest BCUT2D eigenvalue weighted by Gasteiger charge is 2.11. The third-order valence-corrected chi connectivity index (χ3v) is 5.28. The van der Waals surface area contributed by atoms with E-state index in [9.17, 15) is 0 Å². The monoisotopic (exact) mass is 277 g/mol. The molecule has 0 fully saturated rings. The Kier molecular flexibility index (Phi) is 3.54. The number of thioether (sulfide) groups is 1. The first-order chi connectivity index (χ1) is 8.85. The lowest BCUT2D eigenvalue weighted by atomic mass is 10.1. The van der Waals surface area contributed by atoms with Crippen LogP contribution < -0.4 is 11.3 Å². The Bertz CT molecular complexity index is 551. The van der Waals surface area contributed by atoms with E-state index in [0.29, 0.717) is 0 Å². The molecular formula is C13H15N3S2. The van der Waals surface area contributed by atoms with Crippen LogP contribution in [0.3, 0.4) is 0 Å². The van der Waals surface area contributed by atoms with Crippen LogP contribution in [0.2, 0.25) is 0 Å². The molecule has 0 bridgehead atoms. The van der Waals surface area contributed by atoms with Gasteiger partial charge in [0.2, 0.25) is 0 Å². The predicted molar refractivity (Wildman–Crippen MR) is 78.0 cm³/mol. The number of hydrazine groups is 1. The third-order valence-electron chi connectivity index (χ3n) is 3.13. The number of nitrogens with two attached hydrogens (primary N) is 1. The summed E-state index contributed by atoms with van der Waals surface area (Å²) < 4.78 is 0. The molecule has 3 N–H and O–H groups in total. The molecule has 1 aliphatic rings. The second-order valence-electron chi connectivity index (χ2n) is 4.35. The Morgan fingerprint density at radius 1 is 1.33 bits per heavy atom. The highest BCUT2D eigenvalue weighted by Crippen LogP contribution is 2.31. The number of nitrogen functional groups attached to an aromatic ring is 1. The number of fused-ring (bicyclic) bond motifs is 1. The number of hydrogen-bond acceptors (Lipinski definition) is 5. The summed E-state index contributed by atoms with van der Waals surface area (Å²) in [6, 6.07) is 6.86. The maximum absolute atomic E-state index is 5.32. The van der Waals surface area contributed by atoms with Crippen molar-refractivity contribution in [3.05, 3.63) is 40.4 Å². The topological polar surface area (TPSA) is 50.9 Å². The van der Waals surface area contributed by atoms with Crippen LogP contribution in [0.1, 0.15) is 22.4 Å². The average Bonchev–Trinajstić information content (AvgIpc) is 3.04. The molecule has 0 unspecified atom stereocenters. The van der Waals surface area contributed by atoms with E-state index < -0.39 is 0 Å². The molecule has 1 aliphatic carbocycles. The molecule has 0 saturated heterocycles. The summed E-state index contributed by atoms with van der Waals surface area (Å²) in [6.07, 6.45) is 5.69. The van der Waals surface area contributed by atoms with E-state index in [1.165, 1.54) is 40.2 Å². The smallest absolute Gasteiger partial charge is 0.197 e. The van der Waals surface area contributed by atoms with Crippen molar-refractivity contribution in [1.82, 2.24) is 4.98 Å².